The summed E-state index contributed by atoms with van der Waals surface area (Å²) in [6.07, 6.45) is -0.800. The van der Waals surface area contributed by atoms with E-state index in [1.807, 2.05) is 0 Å². The van der Waals surface area contributed by atoms with Gasteiger partial charge in [-0.05, 0) is 13.8 Å². The molecule has 104 valence electrons. The van der Waals surface area contributed by atoms with E-state index in [9.17, 15) is 19.8 Å². The number of aliphatic hydroxyl groups is 2. The van der Waals surface area contributed by atoms with Crippen molar-refractivity contribution in [3.05, 3.63) is 23.2 Å². The van der Waals surface area contributed by atoms with Gasteiger partial charge in [-0.2, -0.15) is 0 Å². The Morgan fingerprint density at radius 2 is 1.84 bits per heavy atom. The number of allylic oxidation sites excluding steroid dienone is 1. The van der Waals surface area contributed by atoms with Gasteiger partial charge in [0.1, 0.15) is 30.5 Å². The summed E-state index contributed by atoms with van der Waals surface area (Å²) in [7, 11) is 0. The van der Waals surface area contributed by atoms with Crippen LogP contribution in [0, 0.1) is 0 Å². The number of carbonyl (C=O) groups is 2. The summed E-state index contributed by atoms with van der Waals surface area (Å²) in [6.45, 7) is 3.34. The molecular formula is C11H16N4O4. The quantitative estimate of drug-likeness (QED) is 0.217. The third-order valence-corrected chi connectivity index (χ3v) is 2.52. The second-order valence-electron chi connectivity index (χ2n) is 4.36. The monoisotopic (exact) mass is 268 g/mol. The van der Waals surface area contributed by atoms with Crippen molar-refractivity contribution in [2.45, 2.75) is 26.3 Å². The van der Waals surface area contributed by atoms with E-state index in [1.165, 1.54) is 18.9 Å². The molecule has 0 spiro atoms. The van der Waals surface area contributed by atoms with Crippen LogP contribution in [-0.2, 0) is 9.59 Å². The molecule has 5 N–H and O–H groups in total. The molecule has 0 aromatic heterocycles. The Bertz CT molecular complexity index is 477. The van der Waals surface area contributed by atoms with Gasteiger partial charge in [0.15, 0.2) is 0 Å². The first-order chi connectivity index (χ1) is 8.90. The fraction of sp³-hybridized carbons (Fsp3) is 0.455. The molecule has 19 heavy (non-hydrogen) atoms. The SMILES string of the molecule is CC(O)NC1=CC(=O)C(NC(C)O)=C(N2CN2)C1=O. The van der Waals surface area contributed by atoms with Crippen molar-refractivity contribution in [3.63, 3.8) is 0 Å². The van der Waals surface area contributed by atoms with Crippen LogP contribution in [-0.4, -0.2) is 45.9 Å². The zero-order valence-corrected chi connectivity index (χ0v) is 10.6. The molecule has 0 bridgehead atoms. The van der Waals surface area contributed by atoms with E-state index < -0.39 is 24.0 Å². The highest BCUT2D eigenvalue weighted by molar-refractivity contribution is 6.22. The molecule has 0 aromatic carbocycles. The van der Waals surface area contributed by atoms with Gasteiger partial charge in [0, 0.05) is 6.08 Å². The second kappa shape index (κ2) is 5.00. The summed E-state index contributed by atoms with van der Waals surface area (Å²) < 4.78 is 0. The number of aliphatic hydroxyl groups excluding tert-OH is 2. The summed E-state index contributed by atoms with van der Waals surface area (Å²) in [6, 6.07) is 0. The maximum absolute atomic E-state index is 12.2. The van der Waals surface area contributed by atoms with Gasteiger partial charge in [-0.25, -0.2) is 5.43 Å². The number of ketones is 2. The van der Waals surface area contributed by atoms with Crippen molar-refractivity contribution in [2.75, 3.05) is 6.67 Å². The van der Waals surface area contributed by atoms with Crippen molar-refractivity contribution in [3.8, 4) is 0 Å². The van der Waals surface area contributed by atoms with Gasteiger partial charge < -0.3 is 20.8 Å². The van der Waals surface area contributed by atoms with Crippen LogP contribution >= 0.6 is 0 Å². The molecule has 1 fully saturated rings. The van der Waals surface area contributed by atoms with Gasteiger partial charge in [0.25, 0.3) is 0 Å². The fourth-order valence-corrected chi connectivity index (χ4v) is 1.76. The molecule has 0 saturated carbocycles. The average molecular weight is 268 g/mol. The Labute approximate surface area is 109 Å². The maximum Gasteiger partial charge on any atom is 0.228 e. The van der Waals surface area contributed by atoms with Crippen LogP contribution in [0.5, 0.6) is 0 Å². The third-order valence-electron chi connectivity index (χ3n) is 2.52. The number of hydrazine groups is 1. The number of Topliss-reactive ketones (excluding diaryl/α,β-unsaturated/α-hetero) is 1. The number of hydrogen-bond donors (Lipinski definition) is 5. The molecule has 1 heterocycles. The Morgan fingerprint density at radius 1 is 1.26 bits per heavy atom. The van der Waals surface area contributed by atoms with Crippen LogP contribution < -0.4 is 16.1 Å². The highest BCUT2D eigenvalue weighted by Gasteiger charge is 2.37. The van der Waals surface area contributed by atoms with Gasteiger partial charge in [0.2, 0.25) is 11.6 Å². The van der Waals surface area contributed by atoms with Crippen LogP contribution in [0.2, 0.25) is 0 Å². The number of rotatable bonds is 5. The van der Waals surface area contributed by atoms with Crippen molar-refractivity contribution in [1.82, 2.24) is 21.1 Å². The normalized spacial score (nSPS) is 22.1. The molecule has 1 aliphatic carbocycles. The zero-order valence-electron chi connectivity index (χ0n) is 10.6. The van der Waals surface area contributed by atoms with Crippen LogP contribution in [0.25, 0.3) is 0 Å². The number of nitrogens with zero attached hydrogens (tertiary/aromatic N) is 1. The summed E-state index contributed by atoms with van der Waals surface area (Å²) in [5, 5.41) is 25.1. The van der Waals surface area contributed by atoms with Crippen LogP contribution in [0.3, 0.4) is 0 Å². The predicted molar refractivity (Wildman–Crippen MR) is 64.6 cm³/mol. The van der Waals surface area contributed by atoms with E-state index in [2.05, 4.69) is 16.1 Å². The van der Waals surface area contributed by atoms with E-state index in [1.54, 1.807) is 0 Å². The summed E-state index contributed by atoms with van der Waals surface area (Å²) >= 11 is 0. The van der Waals surface area contributed by atoms with Crippen LogP contribution in [0.4, 0.5) is 0 Å². The largest absolute Gasteiger partial charge is 0.374 e. The minimum absolute atomic E-state index is 0.0276. The molecular weight excluding hydrogens is 252 g/mol. The fourth-order valence-electron chi connectivity index (χ4n) is 1.76. The summed E-state index contributed by atoms with van der Waals surface area (Å²) in [5.74, 6) is -0.860. The molecule has 2 rings (SSSR count). The van der Waals surface area contributed by atoms with Gasteiger partial charge >= 0.3 is 0 Å². The van der Waals surface area contributed by atoms with Crippen molar-refractivity contribution in [2.24, 2.45) is 0 Å². The zero-order chi connectivity index (χ0) is 14.2. The van der Waals surface area contributed by atoms with Crippen LogP contribution in [0.1, 0.15) is 13.8 Å². The minimum Gasteiger partial charge on any atom is -0.374 e. The molecule has 8 heteroatoms. The number of carbonyl (C=O) groups excluding carboxylic acids is 2. The molecule has 2 aliphatic rings. The Kier molecular flexibility index (Phi) is 3.56. The molecule has 1 saturated heterocycles. The van der Waals surface area contributed by atoms with Crippen molar-refractivity contribution < 1.29 is 19.8 Å². The lowest BCUT2D eigenvalue weighted by molar-refractivity contribution is -0.117. The Hall–Kier alpha value is -1.90. The molecule has 0 aromatic rings. The molecule has 0 radical (unpaired) electrons. The van der Waals surface area contributed by atoms with Crippen LogP contribution in [0.15, 0.2) is 23.2 Å². The molecule has 1 aliphatic heterocycles. The number of nitrogens with one attached hydrogen (secondary N) is 3. The average Bonchev–Trinajstić information content (AvgIpc) is 3.08. The predicted octanol–water partition coefficient (Wildman–Crippen LogP) is -2.13. The van der Waals surface area contributed by atoms with Gasteiger partial charge in [-0.3, -0.25) is 14.6 Å². The number of hydrogen-bond acceptors (Lipinski definition) is 8. The highest BCUT2D eigenvalue weighted by Crippen LogP contribution is 2.22. The standard InChI is InChI=1S/C11H16N4O4/c1-5(16)13-7-3-8(18)9(14-6(2)17)10(11(7)19)15-4-12-15/h3,5-6,12-14,16-17H,4H2,1-2H3. The Balaban J connectivity index is 2.32. The first kappa shape index (κ1) is 13.5. The maximum atomic E-state index is 12.2. The van der Waals surface area contributed by atoms with Crippen molar-refractivity contribution in [1.29, 1.82) is 0 Å². The molecule has 2 unspecified atom stereocenters. The van der Waals surface area contributed by atoms with Crippen molar-refractivity contribution >= 4 is 11.6 Å². The van der Waals surface area contributed by atoms with E-state index in [-0.39, 0.29) is 17.1 Å². The van der Waals surface area contributed by atoms with E-state index in [0.29, 0.717) is 6.67 Å². The molecule has 0 amide bonds. The van der Waals surface area contributed by atoms with E-state index >= 15 is 0 Å². The summed E-state index contributed by atoms with van der Waals surface area (Å²) in [5.41, 5.74) is 3.00. The first-order valence-electron chi connectivity index (χ1n) is 5.85. The Morgan fingerprint density at radius 3 is 2.32 bits per heavy atom. The lowest BCUT2D eigenvalue weighted by Gasteiger charge is -2.22. The van der Waals surface area contributed by atoms with E-state index in [4.69, 9.17) is 0 Å². The highest BCUT2D eigenvalue weighted by atomic mass is 16.3. The summed E-state index contributed by atoms with van der Waals surface area (Å²) in [4.78, 5) is 24.2. The van der Waals surface area contributed by atoms with Gasteiger partial charge in [-0.15, -0.1) is 0 Å². The van der Waals surface area contributed by atoms with Gasteiger partial charge in [0.05, 0.1) is 5.70 Å². The van der Waals surface area contributed by atoms with Gasteiger partial charge in [-0.1, -0.05) is 0 Å². The molecule has 2 atom stereocenters. The minimum atomic E-state index is -0.957. The lowest BCUT2D eigenvalue weighted by Crippen LogP contribution is -2.40. The smallest absolute Gasteiger partial charge is 0.228 e. The third kappa shape index (κ3) is 2.92. The topological polar surface area (TPSA) is 124 Å². The first-order valence-corrected chi connectivity index (χ1v) is 5.85. The van der Waals surface area contributed by atoms with E-state index in [0.717, 1.165) is 6.08 Å². The lowest BCUT2D eigenvalue weighted by atomic mass is 10.0. The molecule has 8 nitrogen and oxygen atoms in total. The second-order valence-corrected chi connectivity index (χ2v) is 4.36.